The Kier molecular flexibility index (Phi) is 3.91. The first-order valence-electron chi connectivity index (χ1n) is 7.62. The second-order valence-electron chi connectivity index (χ2n) is 5.39. The molecule has 0 fully saturated rings. The number of pyridine rings is 2. The van der Waals surface area contributed by atoms with Crippen molar-refractivity contribution in [3.8, 4) is 11.3 Å². The summed E-state index contributed by atoms with van der Waals surface area (Å²) in [7, 11) is 0. The molecule has 4 rings (SSSR count). The number of fused-ring (bicyclic) bond motifs is 1. The van der Waals surface area contributed by atoms with E-state index >= 15 is 0 Å². The number of anilines is 1. The van der Waals surface area contributed by atoms with Crippen LogP contribution in [0.15, 0.2) is 59.5 Å². The second-order valence-corrected chi connectivity index (χ2v) is 6.39. The largest absolute Gasteiger partial charge is 0.467 e. The third-order valence-electron chi connectivity index (χ3n) is 3.78. The molecule has 0 aliphatic heterocycles. The van der Waals surface area contributed by atoms with E-state index in [1.165, 1.54) is 11.3 Å². The first-order valence-corrected chi connectivity index (χ1v) is 8.44. The molecule has 4 aromatic rings. The number of carbonyl (C=O) groups is 1. The highest BCUT2D eigenvalue weighted by atomic mass is 32.1. The van der Waals surface area contributed by atoms with Crippen LogP contribution in [0.4, 0.5) is 5.69 Å². The number of nitrogens with two attached hydrogens (primary N) is 1. The normalized spacial score (nSPS) is 10.9. The molecule has 0 atom stereocenters. The summed E-state index contributed by atoms with van der Waals surface area (Å²) < 4.78 is 5.21. The summed E-state index contributed by atoms with van der Waals surface area (Å²) in [6.45, 7) is 0.315. The molecule has 0 aliphatic carbocycles. The molecule has 4 aromatic heterocycles. The van der Waals surface area contributed by atoms with Crippen LogP contribution in [-0.2, 0) is 6.54 Å². The molecule has 6 nitrogen and oxygen atoms in total. The highest BCUT2D eigenvalue weighted by Crippen LogP contribution is 2.34. The summed E-state index contributed by atoms with van der Waals surface area (Å²) in [5, 5.41) is 3.59. The summed E-state index contributed by atoms with van der Waals surface area (Å²) >= 11 is 1.28. The maximum Gasteiger partial charge on any atom is 0.263 e. The van der Waals surface area contributed by atoms with Gasteiger partial charge < -0.3 is 15.5 Å². The van der Waals surface area contributed by atoms with Gasteiger partial charge >= 0.3 is 0 Å². The van der Waals surface area contributed by atoms with Crippen molar-refractivity contribution in [2.24, 2.45) is 0 Å². The highest BCUT2D eigenvalue weighted by Gasteiger charge is 2.18. The van der Waals surface area contributed by atoms with Crippen molar-refractivity contribution in [1.82, 2.24) is 15.3 Å². The van der Waals surface area contributed by atoms with E-state index in [1.807, 2.05) is 24.3 Å². The molecule has 0 saturated carbocycles. The second kappa shape index (κ2) is 6.37. The molecular weight excluding hydrogens is 336 g/mol. The van der Waals surface area contributed by atoms with Crippen molar-refractivity contribution >= 4 is 33.1 Å². The van der Waals surface area contributed by atoms with Crippen LogP contribution in [0.25, 0.3) is 21.5 Å². The van der Waals surface area contributed by atoms with E-state index < -0.39 is 0 Å². The van der Waals surface area contributed by atoms with Gasteiger partial charge in [-0.1, -0.05) is 0 Å². The first kappa shape index (κ1) is 15.3. The Morgan fingerprint density at radius 2 is 2.04 bits per heavy atom. The molecule has 1 amide bonds. The monoisotopic (exact) mass is 350 g/mol. The molecule has 0 aliphatic rings. The molecule has 3 N–H and O–H groups in total. The fourth-order valence-corrected chi connectivity index (χ4v) is 3.52. The molecule has 0 spiro atoms. The Labute approximate surface area is 147 Å². The summed E-state index contributed by atoms with van der Waals surface area (Å²) in [5.41, 5.74) is 8.39. The standard InChI is InChI=1S/C18H14N4O2S/c19-15-13-3-4-14(11-5-7-20-8-6-11)22-18(13)25-16(15)17(23)21-10-12-2-1-9-24-12/h1-9H,10,19H2,(H,21,23). The van der Waals surface area contributed by atoms with Gasteiger partial charge in [-0.2, -0.15) is 0 Å². The minimum atomic E-state index is -0.234. The first-order chi connectivity index (χ1) is 12.2. The van der Waals surface area contributed by atoms with Crippen molar-refractivity contribution < 1.29 is 9.21 Å². The number of nitrogen functional groups attached to an aromatic ring is 1. The molecule has 0 saturated heterocycles. The van der Waals surface area contributed by atoms with Crippen LogP contribution in [0.5, 0.6) is 0 Å². The number of nitrogens with zero attached hydrogens (tertiary/aromatic N) is 2. The van der Waals surface area contributed by atoms with Gasteiger partial charge in [-0.05, 0) is 36.4 Å². The van der Waals surface area contributed by atoms with Gasteiger partial charge in [-0.15, -0.1) is 11.3 Å². The van der Waals surface area contributed by atoms with Gasteiger partial charge in [0.1, 0.15) is 15.5 Å². The molecule has 4 heterocycles. The zero-order chi connectivity index (χ0) is 17.2. The van der Waals surface area contributed by atoms with E-state index in [0.29, 0.717) is 22.9 Å². The number of furan rings is 1. The van der Waals surface area contributed by atoms with Crippen molar-refractivity contribution in [2.45, 2.75) is 6.54 Å². The van der Waals surface area contributed by atoms with Gasteiger partial charge in [-0.3, -0.25) is 9.78 Å². The SMILES string of the molecule is Nc1c(C(=O)NCc2ccco2)sc2nc(-c3ccncc3)ccc12. The molecule has 0 radical (unpaired) electrons. The molecule has 0 unspecified atom stereocenters. The fourth-order valence-electron chi connectivity index (χ4n) is 2.51. The summed E-state index contributed by atoms with van der Waals surface area (Å²) in [6.07, 6.45) is 5.01. The number of carbonyl (C=O) groups excluding carboxylic acids is 1. The van der Waals surface area contributed by atoms with Gasteiger partial charge in [0, 0.05) is 23.3 Å². The van der Waals surface area contributed by atoms with E-state index in [4.69, 9.17) is 10.2 Å². The lowest BCUT2D eigenvalue weighted by molar-refractivity contribution is 0.0953. The highest BCUT2D eigenvalue weighted by molar-refractivity contribution is 7.21. The third-order valence-corrected chi connectivity index (χ3v) is 4.89. The van der Waals surface area contributed by atoms with Crippen LogP contribution in [-0.4, -0.2) is 15.9 Å². The molecule has 25 heavy (non-hydrogen) atoms. The minimum absolute atomic E-state index is 0.234. The number of nitrogens with one attached hydrogen (secondary N) is 1. The van der Waals surface area contributed by atoms with E-state index in [9.17, 15) is 4.79 Å². The van der Waals surface area contributed by atoms with Crippen molar-refractivity contribution in [3.05, 3.63) is 65.7 Å². The van der Waals surface area contributed by atoms with Crippen LogP contribution in [0.1, 0.15) is 15.4 Å². The zero-order valence-electron chi connectivity index (χ0n) is 13.1. The number of thiophene rings is 1. The molecule has 124 valence electrons. The third kappa shape index (κ3) is 2.97. The van der Waals surface area contributed by atoms with Crippen molar-refractivity contribution in [2.75, 3.05) is 5.73 Å². The predicted molar refractivity (Wildman–Crippen MR) is 97.1 cm³/mol. The van der Waals surface area contributed by atoms with Crippen LogP contribution >= 0.6 is 11.3 Å². The lowest BCUT2D eigenvalue weighted by Gasteiger charge is -2.02. The molecular formula is C18H14N4O2S. The molecule has 0 aromatic carbocycles. The maximum absolute atomic E-state index is 12.4. The Hall–Kier alpha value is -3.19. The van der Waals surface area contributed by atoms with Gasteiger partial charge in [0.25, 0.3) is 5.91 Å². The quantitative estimate of drug-likeness (QED) is 0.588. The zero-order valence-corrected chi connectivity index (χ0v) is 13.9. The van der Waals surface area contributed by atoms with Gasteiger partial charge in [0.05, 0.1) is 24.2 Å². The lowest BCUT2D eigenvalue weighted by atomic mass is 10.1. The summed E-state index contributed by atoms with van der Waals surface area (Å²) in [6, 6.07) is 11.2. The lowest BCUT2D eigenvalue weighted by Crippen LogP contribution is -2.22. The summed E-state index contributed by atoms with van der Waals surface area (Å²) in [4.78, 5) is 22.3. The van der Waals surface area contributed by atoms with Crippen molar-refractivity contribution in [1.29, 1.82) is 0 Å². The van der Waals surface area contributed by atoms with E-state index in [1.54, 1.807) is 30.8 Å². The Morgan fingerprint density at radius 3 is 2.80 bits per heavy atom. The number of aromatic nitrogens is 2. The predicted octanol–water partition coefficient (Wildman–Crippen LogP) is 3.46. The Morgan fingerprint density at radius 1 is 1.20 bits per heavy atom. The topological polar surface area (TPSA) is 94.0 Å². The number of hydrogen-bond donors (Lipinski definition) is 2. The molecule has 0 bridgehead atoms. The number of rotatable bonds is 4. The fraction of sp³-hybridized carbons (Fsp3) is 0.0556. The van der Waals surface area contributed by atoms with Crippen LogP contribution in [0, 0.1) is 0 Å². The van der Waals surface area contributed by atoms with Crippen molar-refractivity contribution in [3.63, 3.8) is 0 Å². The van der Waals surface area contributed by atoms with E-state index in [-0.39, 0.29) is 5.91 Å². The van der Waals surface area contributed by atoms with Crippen LogP contribution < -0.4 is 11.1 Å². The van der Waals surface area contributed by atoms with E-state index in [2.05, 4.69) is 15.3 Å². The maximum atomic E-state index is 12.4. The van der Waals surface area contributed by atoms with Crippen LogP contribution in [0.3, 0.4) is 0 Å². The van der Waals surface area contributed by atoms with E-state index in [0.717, 1.165) is 21.5 Å². The number of hydrogen-bond acceptors (Lipinski definition) is 6. The van der Waals surface area contributed by atoms with Gasteiger partial charge in [-0.25, -0.2) is 4.98 Å². The summed E-state index contributed by atoms with van der Waals surface area (Å²) in [5.74, 6) is 0.452. The number of amides is 1. The smallest absolute Gasteiger partial charge is 0.263 e. The minimum Gasteiger partial charge on any atom is -0.467 e. The van der Waals surface area contributed by atoms with Gasteiger partial charge in [0.2, 0.25) is 0 Å². The van der Waals surface area contributed by atoms with Gasteiger partial charge in [0.15, 0.2) is 0 Å². The van der Waals surface area contributed by atoms with Crippen LogP contribution in [0.2, 0.25) is 0 Å². The average molecular weight is 350 g/mol. The Bertz CT molecular complexity index is 1030. The average Bonchev–Trinajstić information content (AvgIpc) is 3.28. The molecule has 7 heteroatoms. The Balaban J connectivity index is 1.64.